The number of benzene rings is 1. The smallest absolute Gasteiger partial charge is 0.227 e. The highest BCUT2D eigenvalue weighted by Gasteiger charge is 2.22. The molecule has 1 aromatic rings. The Morgan fingerprint density at radius 1 is 1.37 bits per heavy atom. The lowest BCUT2D eigenvalue weighted by Gasteiger charge is -2.34. The van der Waals surface area contributed by atoms with Crippen LogP contribution in [0.25, 0.3) is 0 Å². The molecule has 0 aromatic heterocycles. The van der Waals surface area contributed by atoms with Crippen molar-refractivity contribution in [2.45, 2.75) is 39.2 Å². The molecule has 3 heteroatoms. The van der Waals surface area contributed by atoms with Crippen LogP contribution in [-0.4, -0.2) is 36.5 Å². The maximum Gasteiger partial charge on any atom is 0.227 e. The monoisotopic (exact) mass is 260 g/mol. The third-order valence-electron chi connectivity index (χ3n) is 3.82. The molecule has 19 heavy (non-hydrogen) atoms. The van der Waals surface area contributed by atoms with Gasteiger partial charge in [0.1, 0.15) is 0 Å². The van der Waals surface area contributed by atoms with Crippen LogP contribution in [0.15, 0.2) is 24.3 Å². The zero-order valence-corrected chi connectivity index (χ0v) is 12.1. The highest BCUT2D eigenvalue weighted by Crippen LogP contribution is 2.15. The molecule has 0 saturated carbocycles. The minimum absolute atomic E-state index is 0.242. The van der Waals surface area contributed by atoms with Gasteiger partial charge in [-0.25, -0.2) is 0 Å². The van der Waals surface area contributed by atoms with Crippen molar-refractivity contribution in [1.82, 2.24) is 10.2 Å². The third-order valence-corrected chi connectivity index (χ3v) is 3.82. The number of piperazine rings is 1. The van der Waals surface area contributed by atoms with Crippen LogP contribution in [0.1, 0.15) is 37.8 Å². The molecule has 1 aromatic carbocycles. The van der Waals surface area contributed by atoms with Crippen molar-refractivity contribution in [2.75, 3.05) is 19.6 Å². The van der Waals surface area contributed by atoms with E-state index in [0.29, 0.717) is 18.4 Å². The molecule has 1 heterocycles. The summed E-state index contributed by atoms with van der Waals surface area (Å²) in [5.74, 6) is 0.782. The van der Waals surface area contributed by atoms with Crippen LogP contribution in [0.4, 0.5) is 0 Å². The van der Waals surface area contributed by atoms with Gasteiger partial charge in [0.05, 0.1) is 6.42 Å². The summed E-state index contributed by atoms with van der Waals surface area (Å²) in [6.07, 6.45) is 0.517. The van der Waals surface area contributed by atoms with Crippen LogP contribution in [0.2, 0.25) is 0 Å². The van der Waals surface area contributed by atoms with Crippen molar-refractivity contribution in [3.63, 3.8) is 0 Å². The molecular weight excluding hydrogens is 236 g/mol. The van der Waals surface area contributed by atoms with E-state index in [-0.39, 0.29) is 5.91 Å². The molecule has 1 atom stereocenters. The number of hydrogen-bond acceptors (Lipinski definition) is 2. The van der Waals surface area contributed by atoms with E-state index in [1.807, 2.05) is 4.90 Å². The molecule has 0 spiro atoms. The fourth-order valence-corrected chi connectivity index (χ4v) is 2.51. The minimum Gasteiger partial charge on any atom is -0.337 e. The number of carbonyl (C=O) groups is 1. The van der Waals surface area contributed by atoms with Crippen molar-refractivity contribution < 1.29 is 4.79 Å². The van der Waals surface area contributed by atoms with Gasteiger partial charge in [-0.3, -0.25) is 4.79 Å². The standard InChI is InChI=1S/C16H24N2O/c1-12(2)15-6-4-14(5-7-15)10-16(19)18-9-8-17-11-13(18)3/h4-7,12-13,17H,8-11H2,1-3H3. The van der Waals surface area contributed by atoms with E-state index in [2.05, 4.69) is 50.4 Å². The van der Waals surface area contributed by atoms with Gasteiger partial charge in [0, 0.05) is 25.7 Å². The van der Waals surface area contributed by atoms with Gasteiger partial charge in [0.15, 0.2) is 0 Å². The molecule has 0 radical (unpaired) electrons. The zero-order chi connectivity index (χ0) is 13.8. The molecule has 1 aliphatic heterocycles. The van der Waals surface area contributed by atoms with Gasteiger partial charge in [0.2, 0.25) is 5.91 Å². The number of hydrogen-bond donors (Lipinski definition) is 1. The second-order valence-corrected chi connectivity index (χ2v) is 5.71. The number of carbonyl (C=O) groups excluding carboxylic acids is 1. The summed E-state index contributed by atoms with van der Waals surface area (Å²) in [7, 11) is 0. The predicted octanol–water partition coefficient (Wildman–Crippen LogP) is 2.17. The lowest BCUT2D eigenvalue weighted by atomic mass is 10.0. The summed E-state index contributed by atoms with van der Waals surface area (Å²) in [5.41, 5.74) is 2.44. The summed E-state index contributed by atoms with van der Waals surface area (Å²) < 4.78 is 0. The summed E-state index contributed by atoms with van der Waals surface area (Å²) >= 11 is 0. The third kappa shape index (κ3) is 3.57. The Balaban J connectivity index is 1.98. The molecule has 1 unspecified atom stereocenters. The largest absolute Gasteiger partial charge is 0.337 e. The van der Waals surface area contributed by atoms with Crippen LogP contribution >= 0.6 is 0 Å². The van der Waals surface area contributed by atoms with E-state index in [1.54, 1.807) is 0 Å². The molecule has 0 bridgehead atoms. The van der Waals surface area contributed by atoms with E-state index >= 15 is 0 Å². The molecule has 2 rings (SSSR count). The Kier molecular flexibility index (Phi) is 4.59. The second-order valence-electron chi connectivity index (χ2n) is 5.71. The van der Waals surface area contributed by atoms with E-state index in [4.69, 9.17) is 0 Å². The SMILES string of the molecule is CC(C)c1ccc(CC(=O)N2CCNCC2C)cc1. The van der Waals surface area contributed by atoms with Crippen LogP contribution in [-0.2, 0) is 11.2 Å². The Morgan fingerprint density at radius 3 is 2.63 bits per heavy atom. The topological polar surface area (TPSA) is 32.3 Å². The van der Waals surface area contributed by atoms with E-state index in [0.717, 1.165) is 25.2 Å². The van der Waals surface area contributed by atoms with Gasteiger partial charge in [-0.15, -0.1) is 0 Å². The summed E-state index contributed by atoms with van der Waals surface area (Å²) in [4.78, 5) is 14.3. The van der Waals surface area contributed by atoms with Crippen molar-refractivity contribution in [1.29, 1.82) is 0 Å². The van der Waals surface area contributed by atoms with Gasteiger partial charge in [-0.2, -0.15) is 0 Å². The predicted molar refractivity (Wildman–Crippen MR) is 78.3 cm³/mol. The quantitative estimate of drug-likeness (QED) is 0.903. The molecule has 0 aliphatic carbocycles. The summed E-state index contributed by atoms with van der Waals surface area (Å²) in [6.45, 7) is 9.10. The van der Waals surface area contributed by atoms with Crippen molar-refractivity contribution in [3.05, 3.63) is 35.4 Å². The van der Waals surface area contributed by atoms with Crippen LogP contribution in [0, 0.1) is 0 Å². The van der Waals surface area contributed by atoms with E-state index in [1.165, 1.54) is 5.56 Å². The van der Waals surface area contributed by atoms with Crippen LogP contribution < -0.4 is 5.32 Å². The Bertz CT molecular complexity index is 425. The summed E-state index contributed by atoms with van der Waals surface area (Å²) in [5, 5.41) is 3.31. The number of amides is 1. The number of rotatable bonds is 3. The van der Waals surface area contributed by atoms with E-state index < -0.39 is 0 Å². The molecule has 1 saturated heterocycles. The van der Waals surface area contributed by atoms with Crippen molar-refractivity contribution in [3.8, 4) is 0 Å². The molecule has 3 nitrogen and oxygen atoms in total. The Morgan fingerprint density at radius 2 is 2.05 bits per heavy atom. The van der Waals surface area contributed by atoms with Gasteiger partial charge in [0.25, 0.3) is 0 Å². The van der Waals surface area contributed by atoms with Gasteiger partial charge >= 0.3 is 0 Å². The first-order valence-electron chi connectivity index (χ1n) is 7.17. The average molecular weight is 260 g/mol. The summed E-state index contributed by atoms with van der Waals surface area (Å²) in [6, 6.07) is 8.74. The maximum atomic E-state index is 12.3. The highest BCUT2D eigenvalue weighted by molar-refractivity contribution is 5.79. The number of nitrogens with zero attached hydrogens (tertiary/aromatic N) is 1. The molecule has 104 valence electrons. The van der Waals surface area contributed by atoms with Gasteiger partial charge in [-0.1, -0.05) is 38.1 Å². The Labute approximate surface area is 116 Å². The minimum atomic E-state index is 0.242. The molecule has 1 amide bonds. The van der Waals surface area contributed by atoms with Gasteiger partial charge in [-0.05, 0) is 24.0 Å². The van der Waals surface area contributed by atoms with Crippen LogP contribution in [0.3, 0.4) is 0 Å². The molecule has 1 N–H and O–H groups in total. The lowest BCUT2D eigenvalue weighted by molar-refractivity contribution is -0.133. The molecule has 1 aliphatic rings. The van der Waals surface area contributed by atoms with Crippen LogP contribution in [0.5, 0.6) is 0 Å². The van der Waals surface area contributed by atoms with Gasteiger partial charge < -0.3 is 10.2 Å². The fourth-order valence-electron chi connectivity index (χ4n) is 2.51. The first-order chi connectivity index (χ1) is 9.08. The number of nitrogens with one attached hydrogen (secondary N) is 1. The maximum absolute atomic E-state index is 12.3. The molecule has 1 fully saturated rings. The fraction of sp³-hybridized carbons (Fsp3) is 0.562. The zero-order valence-electron chi connectivity index (χ0n) is 12.1. The average Bonchev–Trinajstić information content (AvgIpc) is 2.39. The first-order valence-corrected chi connectivity index (χ1v) is 7.17. The first kappa shape index (κ1) is 14.1. The van der Waals surface area contributed by atoms with Crippen molar-refractivity contribution in [2.24, 2.45) is 0 Å². The highest BCUT2D eigenvalue weighted by atomic mass is 16.2. The lowest BCUT2D eigenvalue weighted by Crippen LogP contribution is -2.52. The molecular formula is C16H24N2O. The second kappa shape index (κ2) is 6.20. The normalized spacial score (nSPS) is 19.8. The van der Waals surface area contributed by atoms with E-state index in [9.17, 15) is 4.79 Å². The Hall–Kier alpha value is -1.35. The van der Waals surface area contributed by atoms with Crippen molar-refractivity contribution >= 4 is 5.91 Å².